The zero-order chi connectivity index (χ0) is 89.0. The van der Waals surface area contributed by atoms with Gasteiger partial charge in [0.05, 0.1) is 25.3 Å². The summed E-state index contributed by atoms with van der Waals surface area (Å²) in [6.07, 6.45) is 8.03. The average Bonchev–Trinajstić information content (AvgIpc) is 1.70. The van der Waals surface area contributed by atoms with Crippen molar-refractivity contribution < 1.29 is 71.9 Å². The molecule has 2 aromatic heterocycles. The van der Waals surface area contributed by atoms with Gasteiger partial charge in [-0.1, -0.05) is 93.9 Å². The number of hydrogen-bond donors (Lipinski definition) is 23. The standard InChI is InChI=1S/C80H138N24O15/c1-11-48(10)67(104-73(112)57(30-18-23-35-85)95-71(110)55(28-16-21-33-83)96-74(113)59(37-49-40-90-52-25-13-12-24-51(49)52)98-76(115)61(39-62(86)105)100-77(116)64(87)45(4)5)80(119)101-58(36-44(2)3)69(108)91-42-63(106)93-54(27-15-20-32-82)70(109)99-60(38-50-41-89-43-92-50)75(114)97-56(29-17-22-34-84)72(111)102-66(47(8)9)79(118)103-65(46(6)7)78(117)94-53(68(88)107)26-14-19-31-81/h12-13,24-25,40-41,43-48,53-61,64-67,90H,11,14-23,26-39,42,81-85,87H2,1-10H3,(H2,86,105)(H2,88,107)(H,89,92)(H,91,108)(H,93,106)(H,94,117)(H,95,110)(H,96,113)(H,97,114)(H,98,115)(H,99,109)(H,100,116)(H,101,119)(H,102,111)(H,103,118)(H,104,112)/t48-,53-,54-,55-,56-,57-,58-,59-,60-,61-,64-,65-,66-,67-/m0/s1. The number of fused-ring (bicyclic) bond motifs is 1. The van der Waals surface area contributed by atoms with Crippen LogP contribution in [0.15, 0.2) is 43.0 Å². The molecule has 119 heavy (non-hydrogen) atoms. The lowest BCUT2D eigenvalue weighted by Crippen LogP contribution is -2.61. The second kappa shape index (κ2) is 54.8. The van der Waals surface area contributed by atoms with Crippen LogP contribution in [0.4, 0.5) is 0 Å². The maximum atomic E-state index is 14.8. The van der Waals surface area contributed by atoms with Crippen molar-refractivity contribution in [2.75, 3.05) is 39.3 Å². The molecule has 14 atom stereocenters. The fraction of sp³-hybridized carbons (Fsp3) is 0.675. The normalized spacial score (nSPS) is 15.0. The van der Waals surface area contributed by atoms with E-state index in [1.165, 1.54) is 12.5 Å². The van der Waals surface area contributed by atoms with Crippen molar-refractivity contribution in [2.45, 2.75) is 276 Å². The van der Waals surface area contributed by atoms with Crippen LogP contribution < -0.4 is 115 Å². The third kappa shape index (κ3) is 36.9. The molecule has 15 amide bonds. The van der Waals surface area contributed by atoms with E-state index in [1.807, 2.05) is 0 Å². The molecule has 0 spiro atoms. The van der Waals surface area contributed by atoms with Crippen LogP contribution in [0.1, 0.15) is 196 Å². The van der Waals surface area contributed by atoms with Crippen LogP contribution in [0, 0.1) is 29.6 Å². The van der Waals surface area contributed by atoms with Crippen molar-refractivity contribution in [2.24, 2.45) is 75.5 Å². The fourth-order valence-electron chi connectivity index (χ4n) is 13.0. The molecule has 31 N–H and O–H groups in total. The zero-order valence-corrected chi connectivity index (χ0v) is 71.0. The highest BCUT2D eigenvalue weighted by molar-refractivity contribution is 6.01. The minimum absolute atomic E-state index is 0.00195. The highest BCUT2D eigenvalue weighted by Crippen LogP contribution is 2.21. The molecule has 1 aromatic carbocycles. The topological polar surface area (TPSA) is 665 Å². The lowest BCUT2D eigenvalue weighted by Gasteiger charge is -2.30. The molecular weight excluding hydrogens is 1540 g/mol. The van der Waals surface area contributed by atoms with Gasteiger partial charge in [0.15, 0.2) is 0 Å². The molecule has 3 aromatic rings. The Balaban J connectivity index is 1.92. The molecule has 3 rings (SSSR count). The monoisotopic (exact) mass is 1680 g/mol. The Morgan fingerprint density at radius 2 is 0.790 bits per heavy atom. The summed E-state index contributed by atoms with van der Waals surface area (Å²) in [6.45, 7) is 17.7. The number of para-hydroxylation sites is 1. The van der Waals surface area contributed by atoms with Gasteiger partial charge in [-0.2, -0.15) is 0 Å². The van der Waals surface area contributed by atoms with Crippen LogP contribution in [0.2, 0.25) is 0 Å². The van der Waals surface area contributed by atoms with Crippen LogP contribution in [-0.2, 0) is 84.8 Å². The number of nitrogens with two attached hydrogens (primary N) is 8. The SMILES string of the molecule is CC[C@H](C)[C@H](NC(=O)[C@H](CCCCN)NC(=O)[C@H](CCCCN)NC(=O)[C@H](Cc1c[nH]c2ccccc12)NC(=O)[C@H](CC(N)=O)NC(=O)[C@@H](N)C(C)C)C(=O)N[C@@H](CC(C)C)C(=O)NCC(=O)N[C@@H](CCCCN)C(=O)N[C@@H](Cc1cnc[nH]1)C(=O)N[C@@H](CCCCN)C(=O)N[C@H](C(=O)N[C@H](C(=O)N[C@@H](CCCCN)C(N)=O)C(C)C)C(C)C. The third-order valence-electron chi connectivity index (χ3n) is 20.4. The number of benzene rings is 1. The van der Waals surface area contributed by atoms with E-state index in [4.69, 9.17) is 45.9 Å². The first-order chi connectivity index (χ1) is 56.4. The molecule has 0 aliphatic rings. The molecule has 0 aliphatic heterocycles. The Labute approximate surface area is 697 Å². The first-order valence-electron chi connectivity index (χ1n) is 41.7. The molecule has 0 saturated carbocycles. The van der Waals surface area contributed by atoms with Crippen molar-refractivity contribution >= 4 is 99.5 Å². The van der Waals surface area contributed by atoms with Gasteiger partial charge in [-0.05, 0) is 177 Å². The van der Waals surface area contributed by atoms with Gasteiger partial charge in [-0.3, -0.25) is 71.9 Å². The summed E-state index contributed by atoms with van der Waals surface area (Å²) in [5.41, 5.74) is 48.0. The molecule has 0 fully saturated rings. The van der Waals surface area contributed by atoms with E-state index >= 15 is 0 Å². The van der Waals surface area contributed by atoms with Gasteiger partial charge in [-0.15, -0.1) is 0 Å². The van der Waals surface area contributed by atoms with Crippen LogP contribution in [0.25, 0.3) is 10.9 Å². The second-order valence-electron chi connectivity index (χ2n) is 31.9. The molecule has 0 saturated heterocycles. The molecule has 2 heterocycles. The summed E-state index contributed by atoms with van der Waals surface area (Å²) >= 11 is 0. The van der Waals surface area contributed by atoms with E-state index in [0.717, 1.165) is 0 Å². The van der Waals surface area contributed by atoms with Gasteiger partial charge in [-0.25, -0.2) is 4.98 Å². The maximum absolute atomic E-state index is 14.8. The molecule has 0 unspecified atom stereocenters. The minimum atomic E-state index is -1.56. The number of aromatic amines is 2. The fourth-order valence-corrected chi connectivity index (χ4v) is 13.0. The number of H-pyrrole nitrogens is 2. The number of primary amides is 2. The molecule has 668 valence electrons. The maximum Gasteiger partial charge on any atom is 0.243 e. The molecular formula is C80H138N24O15. The lowest BCUT2D eigenvalue weighted by atomic mass is 9.96. The van der Waals surface area contributed by atoms with Crippen molar-refractivity contribution in [1.82, 2.24) is 84.1 Å². The summed E-state index contributed by atoms with van der Waals surface area (Å²) in [7, 11) is 0. The first kappa shape index (κ1) is 103. The Hall–Kier alpha value is -10.2. The lowest BCUT2D eigenvalue weighted by molar-refractivity contribution is -0.136. The smallest absolute Gasteiger partial charge is 0.243 e. The predicted octanol–water partition coefficient (Wildman–Crippen LogP) is -3.00. The van der Waals surface area contributed by atoms with E-state index in [2.05, 4.69) is 84.1 Å². The van der Waals surface area contributed by atoms with Gasteiger partial charge in [0.1, 0.15) is 72.5 Å². The number of aromatic nitrogens is 3. The number of carbonyl (C=O) groups excluding carboxylic acids is 15. The highest BCUT2D eigenvalue weighted by Gasteiger charge is 2.39. The van der Waals surface area contributed by atoms with E-state index in [-0.39, 0.29) is 89.4 Å². The van der Waals surface area contributed by atoms with Gasteiger partial charge >= 0.3 is 0 Å². The van der Waals surface area contributed by atoms with Crippen LogP contribution in [-0.4, -0.2) is 221 Å². The van der Waals surface area contributed by atoms with Crippen LogP contribution >= 0.6 is 0 Å². The Morgan fingerprint density at radius 3 is 1.23 bits per heavy atom. The highest BCUT2D eigenvalue weighted by atomic mass is 16.2. The average molecular weight is 1680 g/mol. The molecule has 39 heteroatoms. The Morgan fingerprint density at radius 1 is 0.403 bits per heavy atom. The number of rotatable bonds is 60. The van der Waals surface area contributed by atoms with E-state index < -0.39 is 198 Å². The van der Waals surface area contributed by atoms with Crippen LogP contribution in [0.5, 0.6) is 0 Å². The Kier molecular flexibility index (Phi) is 47.4. The van der Waals surface area contributed by atoms with E-state index in [0.29, 0.717) is 99.3 Å². The molecule has 0 aliphatic carbocycles. The first-order valence-corrected chi connectivity index (χ1v) is 41.7. The van der Waals surface area contributed by atoms with Crippen molar-refractivity contribution in [3.05, 3.63) is 54.2 Å². The Bertz CT molecular complexity index is 3730. The summed E-state index contributed by atoms with van der Waals surface area (Å²) in [6, 6.07) is -9.82. The number of hydrogen-bond acceptors (Lipinski definition) is 22. The largest absolute Gasteiger partial charge is 0.370 e. The number of nitrogens with one attached hydrogen (secondary N) is 15. The number of imidazole rings is 1. The summed E-state index contributed by atoms with van der Waals surface area (Å²) < 4.78 is 0. The minimum Gasteiger partial charge on any atom is -0.370 e. The van der Waals surface area contributed by atoms with Gasteiger partial charge < -0.3 is 125 Å². The number of nitrogens with zero attached hydrogens (tertiary/aromatic N) is 1. The summed E-state index contributed by atoms with van der Waals surface area (Å²) in [5, 5.41) is 35.7. The van der Waals surface area contributed by atoms with Crippen LogP contribution in [0.3, 0.4) is 0 Å². The third-order valence-corrected chi connectivity index (χ3v) is 20.4. The molecule has 0 radical (unpaired) electrons. The van der Waals surface area contributed by atoms with Gasteiger partial charge in [0.2, 0.25) is 88.6 Å². The molecule has 0 bridgehead atoms. The number of amides is 15. The number of unbranched alkanes of at least 4 members (excludes halogenated alkanes) is 5. The van der Waals surface area contributed by atoms with Gasteiger partial charge in [0.25, 0.3) is 0 Å². The molecule has 39 nitrogen and oxygen atoms in total. The second-order valence-corrected chi connectivity index (χ2v) is 31.9. The number of carbonyl (C=O) groups is 15. The quantitative estimate of drug-likeness (QED) is 0.0251. The summed E-state index contributed by atoms with van der Waals surface area (Å²) in [4.78, 5) is 221. The van der Waals surface area contributed by atoms with Crippen molar-refractivity contribution in [3.8, 4) is 0 Å². The van der Waals surface area contributed by atoms with Gasteiger partial charge in [0, 0.05) is 41.8 Å². The van der Waals surface area contributed by atoms with E-state index in [1.54, 1.807) is 99.7 Å². The zero-order valence-electron chi connectivity index (χ0n) is 71.0. The summed E-state index contributed by atoms with van der Waals surface area (Å²) in [5.74, 6) is -14.5. The van der Waals surface area contributed by atoms with E-state index in [9.17, 15) is 71.9 Å². The van der Waals surface area contributed by atoms with Crippen molar-refractivity contribution in [3.63, 3.8) is 0 Å². The van der Waals surface area contributed by atoms with Crippen molar-refractivity contribution in [1.29, 1.82) is 0 Å². The predicted molar refractivity (Wildman–Crippen MR) is 449 cm³/mol.